The molecule has 0 aliphatic rings. The zero-order valence-corrected chi connectivity index (χ0v) is 20.0. The second-order valence-electron chi connectivity index (χ2n) is 7.94. The van der Waals surface area contributed by atoms with Crippen molar-refractivity contribution in [3.8, 4) is 11.5 Å². The number of nitrogens with one attached hydrogen (secondary N) is 2. The van der Waals surface area contributed by atoms with E-state index < -0.39 is 6.09 Å². The molecule has 1 unspecified atom stereocenters. The van der Waals surface area contributed by atoms with Gasteiger partial charge in [-0.1, -0.05) is 36.4 Å². The van der Waals surface area contributed by atoms with Gasteiger partial charge < -0.3 is 24.8 Å². The molecule has 1 aromatic heterocycles. The molecular formula is C27H31N3O5. The van der Waals surface area contributed by atoms with Crippen molar-refractivity contribution in [2.24, 2.45) is 0 Å². The third-order valence-electron chi connectivity index (χ3n) is 5.27. The molecule has 184 valence electrons. The normalized spacial score (nSPS) is 11.3. The standard InChI is InChI=1S/C27H31N3O5/c1-20(23-10-11-24(25(17-23)33-2)34-18-22-12-15-28-16-13-22)30-26(31)9-6-14-29-27(32)35-19-21-7-4-3-5-8-21/h3-5,7-8,10-13,15-17,20H,6,9,14,18-19H2,1-2H3,(H,29,32)(H,30,31). The SMILES string of the molecule is COc1cc(C(C)NC(=O)CCCNC(=O)OCc2ccccc2)ccc1OCc1ccncc1. The molecular weight excluding hydrogens is 446 g/mol. The average Bonchev–Trinajstić information content (AvgIpc) is 2.89. The number of rotatable bonds is 12. The fourth-order valence-corrected chi connectivity index (χ4v) is 3.32. The number of ether oxygens (including phenoxy) is 3. The molecule has 1 heterocycles. The fourth-order valence-electron chi connectivity index (χ4n) is 3.32. The van der Waals surface area contributed by atoms with Crippen LogP contribution in [0, 0.1) is 0 Å². The average molecular weight is 478 g/mol. The second-order valence-corrected chi connectivity index (χ2v) is 7.94. The lowest BCUT2D eigenvalue weighted by molar-refractivity contribution is -0.121. The van der Waals surface area contributed by atoms with Crippen LogP contribution in [0.2, 0.25) is 0 Å². The van der Waals surface area contributed by atoms with Crippen LogP contribution in [0.25, 0.3) is 0 Å². The number of carbonyl (C=O) groups is 2. The van der Waals surface area contributed by atoms with Crippen LogP contribution in [-0.4, -0.2) is 30.6 Å². The van der Waals surface area contributed by atoms with Gasteiger partial charge in [-0.3, -0.25) is 9.78 Å². The van der Waals surface area contributed by atoms with Crippen molar-refractivity contribution in [1.82, 2.24) is 15.6 Å². The summed E-state index contributed by atoms with van der Waals surface area (Å²) in [5.41, 5.74) is 2.82. The number of carbonyl (C=O) groups excluding carboxylic acids is 2. The van der Waals surface area contributed by atoms with Crippen molar-refractivity contribution >= 4 is 12.0 Å². The Morgan fingerprint density at radius 2 is 1.69 bits per heavy atom. The van der Waals surface area contributed by atoms with Gasteiger partial charge in [0.2, 0.25) is 5.91 Å². The number of pyridine rings is 1. The molecule has 0 fully saturated rings. The highest BCUT2D eigenvalue weighted by Gasteiger charge is 2.13. The van der Waals surface area contributed by atoms with Crippen LogP contribution in [-0.2, 0) is 22.7 Å². The summed E-state index contributed by atoms with van der Waals surface area (Å²) >= 11 is 0. The number of benzene rings is 2. The molecule has 35 heavy (non-hydrogen) atoms. The molecule has 2 N–H and O–H groups in total. The summed E-state index contributed by atoms with van der Waals surface area (Å²) in [4.78, 5) is 28.1. The molecule has 2 aromatic carbocycles. The summed E-state index contributed by atoms with van der Waals surface area (Å²) in [6.07, 6.45) is 3.73. The van der Waals surface area contributed by atoms with Crippen molar-refractivity contribution in [1.29, 1.82) is 0 Å². The van der Waals surface area contributed by atoms with Crippen LogP contribution in [0.1, 0.15) is 42.5 Å². The minimum Gasteiger partial charge on any atom is -0.493 e. The zero-order valence-electron chi connectivity index (χ0n) is 20.0. The van der Waals surface area contributed by atoms with Crippen LogP contribution in [0.4, 0.5) is 4.79 Å². The maximum absolute atomic E-state index is 12.3. The Balaban J connectivity index is 1.38. The molecule has 3 rings (SSSR count). The van der Waals surface area contributed by atoms with Gasteiger partial charge in [0.1, 0.15) is 13.2 Å². The molecule has 2 amide bonds. The predicted molar refractivity (Wildman–Crippen MR) is 132 cm³/mol. The Labute approximate surface area is 205 Å². The lowest BCUT2D eigenvalue weighted by Crippen LogP contribution is -2.29. The van der Waals surface area contributed by atoms with E-state index in [1.54, 1.807) is 19.5 Å². The minimum atomic E-state index is -0.499. The number of aromatic nitrogens is 1. The quantitative estimate of drug-likeness (QED) is 0.371. The molecule has 0 radical (unpaired) electrons. The van der Waals surface area contributed by atoms with Gasteiger partial charge in [-0.05, 0) is 54.3 Å². The van der Waals surface area contributed by atoms with Gasteiger partial charge in [-0.2, -0.15) is 0 Å². The van der Waals surface area contributed by atoms with Gasteiger partial charge in [0.05, 0.1) is 13.2 Å². The molecule has 8 nitrogen and oxygen atoms in total. The Morgan fingerprint density at radius 1 is 0.943 bits per heavy atom. The summed E-state index contributed by atoms with van der Waals surface area (Å²) in [7, 11) is 1.58. The first kappa shape index (κ1) is 25.6. The van der Waals surface area contributed by atoms with E-state index in [1.807, 2.05) is 67.6 Å². The third kappa shape index (κ3) is 8.66. The molecule has 0 saturated carbocycles. The summed E-state index contributed by atoms with van der Waals surface area (Å²) in [5.74, 6) is 1.11. The molecule has 3 aromatic rings. The monoisotopic (exact) mass is 477 g/mol. The fraction of sp³-hybridized carbons (Fsp3) is 0.296. The summed E-state index contributed by atoms with van der Waals surface area (Å²) < 4.78 is 16.5. The van der Waals surface area contributed by atoms with Crippen molar-refractivity contribution in [2.45, 2.75) is 39.0 Å². The van der Waals surface area contributed by atoms with Crippen molar-refractivity contribution in [3.05, 3.63) is 89.7 Å². The van der Waals surface area contributed by atoms with E-state index in [-0.39, 0.29) is 25.0 Å². The van der Waals surface area contributed by atoms with Gasteiger partial charge in [0.25, 0.3) is 0 Å². The highest BCUT2D eigenvalue weighted by Crippen LogP contribution is 2.31. The number of amides is 2. The van der Waals surface area contributed by atoms with Gasteiger partial charge in [-0.15, -0.1) is 0 Å². The summed E-state index contributed by atoms with van der Waals surface area (Å²) in [5, 5.41) is 5.64. The van der Waals surface area contributed by atoms with Gasteiger partial charge in [0.15, 0.2) is 11.5 Å². The smallest absolute Gasteiger partial charge is 0.407 e. The maximum Gasteiger partial charge on any atom is 0.407 e. The van der Waals surface area contributed by atoms with E-state index in [4.69, 9.17) is 14.2 Å². The van der Waals surface area contributed by atoms with E-state index >= 15 is 0 Å². The zero-order chi connectivity index (χ0) is 24.9. The van der Waals surface area contributed by atoms with Crippen LogP contribution in [0.15, 0.2) is 73.1 Å². The highest BCUT2D eigenvalue weighted by molar-refractivity contribution is 5.76. The number of hydrogen-bond donors (Lipinski definition) is 2. The molecule has 0 aliphatic carbocycles. The number of nitrogens with zero attached hydrogens (tertiary/aromatic N) is 1. The minimum absolute atomic E-state index is 0.103. The molecule has 0 aliphatic heterocycles. The molecule has 0 spiro atoms. The Morgan fingerprint density at radius 3 is 2.43 bits per heavy atom. The van der Waals surface area contributed by atoms with Gasteiger partial charge in [0, 0.05) is 25.4 Å². The van der Waals surface area contributed by atoms with Crippen molar-refractivity contribution in [3.63, 3.8) is 0 Å². The van der Waals surface area contributed by atoms with Crippen LogP contribution in [0.3, 0.4) is 0 Å². The van der Waals surface area contributed by atoms with Crippen LogP contribution < -0.4 is 20.1 Å². The molecule has 1 atom stereocenters. The number of alkyl carbamates (subject to hydrolysis) is 1. The lowest BCUT2D eigenvalue weighted by atomic mass is 10.1. The van der Waals surface area contributed by atoms with E-state index in [1.165, 1.54) is 0 Å². The van der Waals surface area contributed by atoms with E-state index in [0.29, 0.717) is 31.1 Å². The lowest BCUT2D eigenvalue weighted by Gasteiger charge is -2.17. The highest BCUT2D eigenvalue weighted by atomic mass is 16.5. The third-order valence-corrected chi connectivity index (χ3v) is 5.27. The van der Waals surface area contributed by atoms with E-state index in [0.717, 1.165) is 16.7 Å². The Hall–Kier alpha value is -4.07. The first-order valence-corrected chi connectivity index (χ1v) is 11.5. The molecule has 0 saturated heterocycles. The Kier molecular flexibility index (Phi) is 9.92. The number of hydrogen-bond acceptors (Lipinski definition) is 6. The molecule has 0 bridgehead atoms. The van der Waals surface area contributed by atoms with E-state index in [9.17, 15) is 9.59 Å². The second kappa shape index (κ2) is 13.6. The summed E-state index contributed by atoms with van der Waals surface area (Å²) in [6.45, 7) is 2.87. The Bertz CT molecular complexity index is 1080. The summed E-state index contributed by atoms with van der Waals surface area (Å²) in [6, 6.07) is 18.6. The first-order chi connectivity index (χ1) is 17.0. The van der Waals surface area contributed by atoms with Crippen molar-refractivity contribution < 1.29 is 23.8 Å². The van der Waals surface area contributed by atoms with Crippen LogP contribution >= 0.6 is 0 Å². The topological polar surface area (TPSA) is 98.8 Å². The van der Waals surface area contributed by atoms with E-state index in [2.05, 4.69) is 15.6 Å². The molecule has 8 heteroatoms. The maximum atomic E-state index is 12.3. The van der Waals surface area contributed by atoms with Gasteiger partial charge in [-0.25, -0.2) is 4.79 Å². The predicted octanol–water partition coefficient (Wildman–Crippen LogP) is 4.55. The number of methoxy groups -OCH3 is 1. The van der Waals surface area contributed by atoms with Crippen molar-refractivity contribution in [2.75, 3.05) is 13.7 Å². The first-order valence-electron chi connectivity index (χ1n) is 11.5. The van der Waals surface area contributed by atoms with Crippen LogP contribution in [0.5, 0.6) is 11.5 Å². The largest absolute Gasteiger partial charge is 0.493 e. The van der Waals surface area contributed by atoms with Gasteiger partial charge >= 0.3 is 6.09 Å².